The lowest BCUT2D eigenvalue weighted by Gasteiger charge is -2.38. The van der Waals surface area contributed by atoms with E-state index in [1.165, 1.54) is 18.9 Å². The lowest BCUT2D eigenvalue weighted by atomic mass is 9.93. The first-order valence-corrected chi connectivity index (χ1v) is 13.9. The fourth-order valence-corrected chi connectivity index (χ4v) is 6.31. The van der Waals surface area contributed by atoms with Crippen LogP contribution in [0.1, 0.15) is 62.5 Å². The third-order valence-corrected chi connectivity index (χ3v) is 9.12. The molecule has 1 aromatic carbocycles. The molecule has 1 aliphatic carbocycles. The van der Waals surface area contributed by atoms with Gasteiger partial charge in [0.2, 0.25) is 10.0 Å². The van der Waals surface area contributed by atoms with Crippen molar-refractivity contribution in [2.24, 2.45) is 5.41 Å². The zero-order valence-electron chi connectivity index (χ0n) is 21.0. The van der Waals surface area contributed by atoms with Crippen LogP contribution in [0.3, 0.4) is 0 Å². The van der Waals surface area contributed by atoms with Crippen LogP contribution < -0.4 is 14.9 Å². The summed E-state index contributed by atoms with van der Waals surface area (Å²) in [5.41, 5.74) is 0.0742. The number of hydrogen-bond donors (Lipinski definition) is 3. The van der Waals surface area contributed by atoms with Gasteiger partial charge in [-0.2, -0.15) is 0 Å². The number of hydrogen-bond acceptors (Lipinski definition) is 7. The summed E-state index contributed by atoms with van der Waals surface area (Å²) in [5, 5.41) is 13.1. The van der Waals surface area contributed by atoms with E-state index in [-0.39, 0.29) is 10.8 Å². The molecule has 0 unspecified atom stereocenters. The highest BCUT2D eigenvalue weighted by molar-refractivity contribution is 7.89. The molecule has 2 aliphatic heterocycles. The van der Waals surface area contributed by atoms with Gasteiger partial charge in [-0.1, -0.05) is 6.07 Å². The molecule has 0 radical (unpaired) electrons. The normalized spacial score (nSPS) is 20.6. The molecule has 2 saturated heterocycles. The number of nitrogens with zero attached hydrogens (tertiary/aromatic N) is 2. The molecule has 3 aliphatic rings. The maximum atomic E-state index is 13.4. The summed E-state index contributed by atoms with van der Waals surface area (Å²) >= 11 is 0. The molecule has 1 saturated carbocycles. The van der Waals surface area contributed by atoms with Crippen molar-refractivity contribution in [2.45, 2.75) is 62.5 Å². The van der Waals surface area contributed by atoms with Gasteiger partial charge >= 0.3 is 0 Å². The molecule has 3 N–H and O–H groups in total. The smallest absolute Gasteiger partial charge is 0.258 e. The summed E-state index contributed by atoms with van der Waals surface area (Å²) in [5.74, 6) is -0.0641. The fraction of sp³-hybridized carbons (Fsp3) is 0.538. The minimum Gasteiger partial charge on any atom is -0.384 e. The highest BCUT2D eigenvalue weighted by Gasteiger charge is 2.45. The number of aromatic nitrogens is 1. The van der Waals surface area contributed by atoms with Gasteiger partial charge in [-0.05, 0) is 82.2 Å². The minimum absolute atomic E-state index is 0.121. The first kappa shape index (κ1) is 25.1. The molecule has 10 heteroatoms. The Bertz CT molecular complexity index is 1270. The second kappa shape index (κ2) is 8.79. The van der Waals surface area contributed by atoms with Crippen molar-refractivity contribution in [1.82, 2.24) is 9.71 Å². The Labute approximate surface area is 212 Å². The predicted octanol–water partition coefficient (Wildman–Crippen LogP) is 3.01. The van der Waals surface area contributed by atoms with Crippen LogP contribution in [0, 0.1) is 5.41 Å². The number of nitrogens with one attached hydrogen (secondary N) is 2. The number of pyridine rings is 1. The Morgan fingerprint density at radius 1 is 1.11 bits per heavy atom. The van der Waals surface area contributed by atoms with Crippen LogP contribution in [0.4, 0.5) is 11.5 Å². The minimum atomic E-state index is -3.80. The van der Waals surface area contributed by atoms with Crippen molar-refractivity contribution in [3.05, 3.63) is 47.7 Å². The Morgan fingerprint density at radius 2 is 1.81 bits per heavy atom. The topological polar surface area (TPSA) is 121 Å². The first-order valence-electron chi connectivity index (χ1n) is 12.4. The van der Waals surface area contributed by atoms with Crippen molar-refractivity contribution < 1.29 is 23.1 Å². The van der Waals surface area contributed by atoms with Gasteiger partial charge in [-0.3, -0.25) is 4.79 Å². The van der Waals surface area contributed by atoms with Crippen molar-refractivity contribution in [3.63, 3.8) is 0 Å². The second-order valence-corrected chi connectivity index (χ2v) is 12.9. The first-order chi connectivity index (χ1) is 16.9. The lowest BCUT2D eigenvalue weighted by Crippen LogP contribution is -2.59. The maximum absolute atomic E-state index is 13.4. The molecule has 1 amide bonds. The van der Waals surface area contributed by atoms with E-state index in [1.807, 2.05) is 6.92 Å². The van der Waals surface area contributed by atoms with Gasteiger partial charge < -0.3 is 20.1 Å². The maximum Gasteiger partial charge on any atom is 0.258 e. The number of carbonyl (C=O) groups is 1. The predicted molar refractivity (Wildman–Crippen MR) is 137 cm³/mol. The number of amides is 1. The van der Waals surface area contributed by atoms with Gasteiger partial charge in [-0.15, -0.1) is 0 Å². The fourth-order valence-electron chi connectivity index (χ4n) is 4.91. The summed E-state index contributed by atoms with van der Waals surface area (Å²) in [7, 11) is -3.80. The average molecular weight is 515 g/mol. The van der Waals surface area contributed by atoms with Crippen LogP contribution in [0.2, 0.25) is 0 Å². The van der Waals surface area contributed by atoms with Crippen LogP contribution in [-0.4, -0.2) is 56.3 Å². The summed E-state index contributed by atoms with van der Waals surface area (Å²) in [6.07, 6.45) is 4.56. The molecule has 9 nitrogen and oxygen atoms in total. The molecule has 5 rings (SSSR count). The van der Waals surface area contributed by atoms with E-state index in [4.69, 9.17) is 4.74 Å². The average Bonchev–Trinajstić information content (AvgIpc) is 3.56. The number of anilines is 2. The third kappa shape index (κ3) is 5.13. The molecule has 1 aromatic heterocycles. The van der Waals surface area contributed by atoms with Crippen molar-refractivity contribution in [2.75, 3.05) is 36.5 Å². The Morgan fingerprint density at radius 3 is 2.39 bits per heavy atom. The molecule has 194 valence electrons. The number of carbonyl (C=O) groups excluding carboxylic acids is 1. The van der Waals surface area contributed by atoms with Crippen LogP contribution in [0.25, 0.3) is 0 Å². The van der Waals surface area contributed by atoms with E-state index >= 15 is 0 Å². The number of benzene rings is 1. The van der Waals surface area contributed by atoms with E-state index in [1.54, 1.807) is 44.2 Å². The van der Waals surface area contributed by atoms with E-state index in [9.17, 15) is 18.3 Å². The van der Waals surface area contributed by atoms with E-state index in [2.05, 4.69) is 19.9 Å². The number of rotatable bonds is 7. The van der Waals surface area contributed by atoms with Crippen LogP contribution in [0.5, 0.6) is 0 Å². The zero-order valence-corrected chi connectivity index (χ0v) is 21.8. The standard InChI is InChI=1S/C26H34N4O5S/c1-24(2,32)21-5-4-6-22(27-21)28-23(31)19-8-7-18(36(33,34)29-25(3)16-35-17-25)15-20(19)30-13-11-26(9-10-26)12-14-30/h4-8,15,29,32H,9-14,16-17H2,1-3H3,(H,27,28,31). The quantitative estimate of drug-likeness (QED) is 0.519. The van der Waals surface area contributed by atoms with Crippen molar-refractivity contribution in [3.8, 4) is 0 Å². The third-order valence-electron chi connectivity index (χ3n) is 7.49. The van der Waals surface area contributed by atoms with Crippen molar-refractivity contribution >= 4 is 27.4 Å². The van der Waals surface area contributed by atoms with Gasteiger partial charge in [0, 0.05) is 13.1 Å². The van der Waals surface area contributed by atoms with Crippen LogP contribution in [-0.2, 0) is 20.4 Å². The zero-order chi connectivity index (χ0) is 25.8. The number of aliphatic hydroxyl groups is 1. The Kier molecular flexibility index (Phi) is 6.14. The molecule has 1 spiro atoms. The Balaban J connectivity index is 1.45. The summed E-state index contributed by atoms with van der Waals surface area (Å²) in [6, 6.07) is 9.72. The number of piperidine rings is 1. The van der Waals surface area contributed by atoms with Gasteiger partial charge in [0.05, 0.1) is 40.6 Å². The largest absolute Gasteiger partial charge is 0.384 e. The molecule has 3 fully saturated rings. The van der Waals surface area contributed by atoms with Crippen LogP contribution >= 0.6 is 0 Å². The molecule has 3 heterocycles. The van der Waals surface area contributed by atoms with E-state index in [0.717, 1.165) is 25.9 Å². The molecular formula is C26H34N4O5S. The second-order valence-electron chi connectivity index (χ2n) is 11.2. The Hall–Kier alpha value is -2.53. The summed E-state index contributed by atoms with van der Waals surface area (Å²) in [6.45, 7) is 7.27. The molecular weight excluding hydrogens is 480 g/mol. The number of sulfonamides is 1. The van der Waals surface area contributed by atoms with Crippen molar-refractivity contribution in [1.29, 1.82) is 0 Å². The SMILES string of the molecule is CC1(NS(=O)(=O)c2ccc(C(=O)Nc3cccc(C(C)(C)O)n3)c(N3CCC4(CC3)CC4)c2)COC1. The van der Waals surface area contributed by atoms with Gasteiger partial charge in [0.1, 0.15) is 11.4 Å². The summed E-state index contributed by atoms with van der Waals surface area (Å²) in [4.78, 5) is 20.0. The molecule has 2 aromatic rings. The lowest BCUT2D eigenvalue weighted by molar-refractivity contribution is -0.0523. The van der Waals surface area contributed by atoms with Crippen LogP contribution in [0.15, 0.2) is 41.3 Å². The van der Waals surface area contributed by atoms with Gasteiger partial charge in [-0.25, -0.2) is 18.1 Å². The van der Waals surface area contributed by atoms with Gasteiger partial charge in [0.25, 0.3) is 5.91 Å². The monoisotopic (exact) mass is 514 g/mol. The highest BCUT2D eigenvalue weighted by Crippen LogP contribution is 2.54. The molecule has 0 atom stereocenters. The molecule has 0 bridgehead atoms. The summed E-state index contributed by atoms with van der Waals surface area (Å²) < 4.78 is 34.3. The van der Waals surface area contributed by atoms with E-state index in [0.29, 0.717) is 41.4 Å². The molecule has 36 heavy (non-hydrogen) atoms. The van der Waals surface area contributed by atoms with E-state index < -0.39 is 21.2 Å². The number of ether oxygens (including phenoxy) is 1. The van der Waals surface area contributed by atoms with Gasteiger partial charge in [0.15, 0.2) is 0 Å². The highest BCUT2D eigenvalue weighted by atomic mass is 32.2.